The Balaban J connectivity index is 1.69. The van der Waals surface area contributed by atoms with E-state index in [0.717, 1.165) is 55.3 Å². The summed E-state index contributed by atoms with van der Waals surface area (Å²) >= 11 is 1.63. The third kappa shape index (κ3) is 3.79. The number of rotatable bonds is 5. The minimum Gasteiger partial charge on any atom is -0.370 e. The molecule has 23 heavy (non-hydrogen) atoms. The summed E-state index contributed by atoms with van der Waals surface area (Å²) in [4.78, 5) is 19.0. The van der Waals surface area contributed by atoms with E-state index in [2.05, 4.69) is 21.9 Å². The Labute approximate surface area is 140 Å². The average molecular weight is 333 g/mol. The highest BCUT2D eigenvalue weighted by atomic mass is 32.1. The van der Waals surface area contributed by atoms with E-state index in [1.807, 2.05) is 5.38 Å². The van der Waals surface area contributed by atoms with Crippen molar-refractivity contribution in [2.24, 2.45) is 11.7 Å². The quantitative estimate of drug-likeness (QED) is 0.897. The first-order valence-electron chi connectivity index (χ1n) is 8.15. The standard InChI is InChI=1S/C16H23N5OS/c1-2-15-19-13(11-23-15)10-21-16(22)7-14(9-18-21)20-5-3-12(8-17)4-6-20/h7,9,11-12H,2-6,8,10,17H2,1H3. The fourth-order valence-corrected chi connectivity index (χ4v) is 3.62. The second kappa shape index (κ2) is 7.23. The van der Waals surface area contributed by atoms with Gasteiger partial charge in [-0.05, 0) is 31.7 Å². The van der Waals surface area contributed by atoms with Gasteiger partial charge >= 0.3 is 0 Å². The van der Waals surface area contributed by atoms with Gasteiger partial charge in [0.2, 0.25) is 0 Å². The lowest BCUT2D eigenvalue weighted by atomic mass is 9.97. The Hall–Kier alpha value is -1.73. The van der Waals surface area contributed by atoms with Crippen molar-refractivity contribution in [3.63, 3.8) is 0 Å². The van der Waals surface area contributed by atoms with Gasteiger partial charge in [0.15, 0.2) is 0 Å². The van der Waals surface area contributed by atoms with Crippen LogP contribution in [0.4, 0.5) is 5.69 Å². The zero-order valence-electron chi connectivity index (χ0n) is 13.4. The van der Waals surface area contributed by atoms with Crippen molar-refractivity contribution in [2.75, 3.05) is 24.5 Å². The molecular formula is C16H23N5OS. The van der Waals surface area contributed by atoms with E-state index < -0.39 is 0 Å². The maximum absolute atomic E-state index is 12.3. The van der Waals surface area contributed by atoms with Crippen LogP contribution in [0.2, 0.25) is 0 Å². The van der Waals surface area contributed by atoms with Crippen molar-refractivity contribution in [1.82, 2.24) is 14.8 Å². The normalized spacial score (nSPS) is 16.0. The molecule has 1 aliphatic heterocycles. The second-order valence-electron chi connectivity index (χ2n) is 5.96. The minimum absolute atomic E-state index is 0.0745. The second-order valence-corrected chi connectivity index (χ2v) is 6.90. The fraction of sp³-hybridized carbons (Fsp3) is 0.562. The van der Waals surface area contributed by atoms with Gasteiger partial charge in [0, 0.05) is 24.5 Å². The maximum atomic E-state index is 12.3. The van der Waals surface area contributed by atoms with Gasteiger partial charge in [-0.1, -0.05) is 6.92 Å². The van der Waals surface area contributed by atoms with Crippen molar-refractivity contribution in [3.05, 3.63) is 38.7 Å². The highest BCUT2D eigenvalue weighted by Crippen LogP contribution is 2.21. The first kappa shape index (κ1) is 16.1. The van der Waals surface area contributed by atoms with Crippen molar-refractivity contribution < 1.29 is 0 Å². The van der Waals surface area contributed by atoms with E-state index >= 15 is 0 Å². The van der Waals surface area contributed by atoms with Gasteiger partial charge in [0.25, 0.3) is 5.56 Å². The molecule has 1 saturated heterocycles. The lowest BCUT2D eigenvalue weighted by molar-refractivity contribution is 0.414. The predicted octanol–water partition coefficient (Wildman–Crippen LogP) is 1.49. The van der Waals surface area contributed by atoms with Crippen LogP contribution in [0.1, 0.15) is 30.5 Å². The van der Waals surface area contributed by atoms with Crippen LogP contribution < -0.4 is 16.2 Å². The molecule has 7 heteroatoms. The highest BCUT2D eigenvalue weighted by Gasteiger charge is 2.19. The molecule has 2 aromatic rings. The maximum Gasteiger partial charge on any atom is 0.269 e. The van der Waals surface area contributed by atoms with Crippen LogP contribution in [-0.2, 0) is 13.0 Å². The molecule has 0 unspecified atom stereocenters. The largest absolute Gasteiger partial charge is 0.370 e. The molecule has 2 N–H and O–H groups in total. The molecule has 6 nitrogen and oxygen atoms in total. The molecule has 1 fully saturated rings. The van der Waals surface area contributed by atoms with Crippen molar-refractivity contribution in [1.29, 1.82) is 0 Å². The molecule has 1 aliphatic rings. The molecule has 0 spiro atoms. The summed E-state index contributed by atoms with van der Waals surface area (Å²) in [6.45, 7) is 5.15. The number of thiazole rings is 1. The number of nitrogens with zero attached hydrogens (tertiary/aromatic N) is 4. The molecule has 3 heterocycles. The zero-order chi connectivity index (χ0) is 16.2. The van der Waals surface area contributed by atoms with Crippen LogP contribution in [0.5, 0.6) is 0 Å². The lowest BCUT2D eigenvalue weighted by Crippen LogP contribution is -2.37. The molecule has 0 saturated carbocycles. The summed E-state index contributed by atoms with van der Waals surface area (Å²) in [6, 6.07) is 1.68. The van der Waals surface area contributed by atoms with Crippen molar-refractivity contribution in [3.8, 4) is 0 Å². The molecule has 0 atom stereocenters. The van der Waals surface area contributed by atoms with Gasteiger partial charge in [-0.15, -0.1) is 11.3 Å². The van der Waals surface area contributed by atoms with E-state index in [4.69, 9.17) is 5.73 Å². The molecule has 0 radical (unpaired) electrons. The van der Waals surface area contributed by atoms with Crippen molar-refractivity contribution in [2.45, 2.75) is 32.7 Å². The Morgan fingerprint density at radius 1 is 1.39 bits per heavy atom. The molecule has 3 rings (SSSR count). The number of nitrogens with two attached hydrogens (primary N) is 1. The monoisotopic (exact) mass is 333 g/mol. The summed E-state index contributed by atoms with van der Waals surface area (Å²) < 4.78 is 1.48. The van der Waals surface area contributed by atoms with Gasteiger partial charge in [-0.25, -0.2) is 9.67 Å². The minimum atomic E-state index is -0.0745. The SMILES string of the molecule is CCc1nc(Cn2ncc(N3CCC(CN)CC3)cc2=O)cs1. The Kier molecular flexibility index (Phi) is 5.07. The summed E-state index contributed by atoms with van der Waals surface area (Å²) in [7, 11) is 0. The number of aryl methyl sites for hydroxylation is 1. The summed E-state index contributed by atoms with van der Waals surface area (Å²) in [5, 5.41) is 7.41. The van der Waals surface area contributed by atoms with Crippen LogP contribution in [0.15, 0.2) is 22.4 Å². The van der Waals surface area contributed by atoms with Crippen LogP contribution in [0.25, 0.3) is 0 Å². The molecule has 0 bridgehead atoms. The number of hydrogen-bond donors (Lipinski definition) is 1. The molecule has 2 aromatic heterocycles. The number of piperidine rings is 1. The van der Waals surface area contributed by atoms with Gasteiger partial charge < -0.3 is 10.6 Å². The van der Waals surface area contributed by atoms with Crippen LogP contribution in [-0.4, -0.2) is 34.4 Å². The van der Waals surface area contributed by atoms with Crippen LogP contribution >= 0.6 is 11.3 Å². The Bertz CT molecular complexity index is 702. The number of anilines is 1. The highest BCUT2D eigenvalue weighted by molar-refractivity contribution is 7.09. The van der Waals surface area contributed by atoms with E-state index in [1.165, 1.54) is 4.68 Å². The zero-order valence-corrected chi connectivity index (χ0v) is 14.3. The molecule has 0 aromatic carbocycles. The summed E-state index contributed by atoms with van der Waals surface area (Å²) in [6.07, 6.45) is 4.87. The number of aromatic nitrogens is 3. The molecule has 124 valence electrons. The van der Waals surface area contributed by atoms with Gasteiger partial charge in [0.1, 0.15) is 0 Å². The van der Waals surface area contributed by atoms with E-state index in [1.54, 1.807) is 23.6 Å². The molecule has 0 aliphatic carbocycles. The van der Waals surface area contributed by atoms with Gasteiger partial charge in [-0.3, -0.25) is 4.79 Å². The van der Waals surface area contributed by atoms with E-state index in [-0.39, 0.29) is 5.56 Å². The Morgan fingerprint density at radius 3 is 2.78 bits per heavy atom. The summed E-state index contributed by atoms with van der Waals surface area (Å²) in [5.74, 6) is 0.608. The smallest absolute Gasteiger partial charge is 0.269 e. The van der Waals surface area contributed by atoms with Crippen LogP contribution in [0.3, 0.4) is 0 Å². The third-order valence-corrected chi connectivity index (χ3v) is 5.42. The third-order valence-electron chi connectivity index (χ3n) is 4.38. The first-order chi connectivity index (χ1) is 11.2. The van der Waals surface area contributed by atoms with Crippen molar-refractivity contribution >= 4 is 17.0 Å². The fourth-order valence-electron chi connectivity index (χ4n) is 2.88. The summed E-state index contributed by atoms with van der Waals surface area (Å²) in [5.41, 5.74) is 7.46. The lowest BCUT2D eigenvalue weighted by Gasteiger charge is -2.32. The molecule has 0 amide bonds. The van der Waals surface area contributed by atoms with E-state index in [0.29, 0.717) is 12.5 Å². The Morgan fingerprint density at radius 2 is 2.17 bits per heavy atom. The van der Waals surface area contributed by atoms with E-state index in [9.17, 15) is 4.79 Å². The topological polar surface area (TPSA) is 77.0 Å². The van der Waals surface area contributed by atoms with Gasteiger partial charge in [0.05, 0.1) is 29.1 Å². The average Bonchev–Trinajstić information content (AvgIpc) is 3.04. The van der Waals surface area contributed by atoms with Crippen LogP contribution in [0, 0.1) is 5.92 Å². The predicted molar refractivity (Wildman–Crippen MR) is 93.1 cm³/mol. The van der Waals surface area contributed by atoms with Gasteiger partial charge in [-0.2, -0.15) is 5.10 Å². The first-order valence-corrected chi connectivity index (χ1v) is 9.03. The molecular weight excluding hydrogens is 310 g/mol. The number of hydrogen-bond acceptors (Lipinski definition) is 6.